The Morgan fingerprint density at radius 2 is 2.11 bits per heavy atom. The van der Waals surface area contributed by atoms with E-state index in [4.69, 9.17) is 0 Å². The third-order valence-electron chi connectivity index (χ3n) is 5.43. The number of nitrogens with zero attached hydrogens (tertiary/aromatic N) is 3. The molecule has 0 atom stereocenters. The maximum absolute atomic E-state index is 14.5. The molecule has 0 radical (unpaired) electrons. The maximum Gasteiger partial charge on any atom is 0.272 e. The predicted molar refractivity (Wildman–Crippen MR) is 106 cm³/mol. The lowest BCUT2D eigenvalue weighted by atomic mass is 10.0. The minimum Gasteiger partial charge on any atom is -0.348 e. The van der Waals surface area contributed by atoms with Gasteiger partial charge in [0.2, 0.25) is 0 Å². The lowest BCUT2D eigenvalue weighted by Crippen LogP contribution is -2.46. The molecule has 1 aromatic carbocycles. The van der Waals surface area contributed by atoms with Gasteiger partial charge in [0.15, 0.2) is 5.69 Å². The first-order valence-electron chi connectivity index (χ1n) is 9.66. The highest BCUT2D eigenvalue weighted by atomic mass is 19.1. The van der Waals surface area contributed by atoms with Crippen molar-refractivity contribution in [3.8, 4) is 11.1 Å². The zero-order valence-corrected chi connectivity index (χ0v) is 16.1. The molecule has 3 aromatic rings. The van der Waals surface area contributed by atoms with Crippen LogP contribution in [0.3, 0.4) is 0 Å². The van der Waals surface area contributed by atoms with Crippen molar-refractivity contribution < 1.29 is 9.18 Å². The minimum absolute atomic E-state index is 0.132. The molecule has 0 unspecified atom stereocenters. The number of aromatic amines is 1. The lowest BCUT2D eigenvalue weighted by Gasteiger charge is -2.34. The van der Waals surface area contributed by atoms with E-state index in [9.17, 15) is 9.18 Å². The molecule has 4 rings (SSSR count). The quantitative estimate of drug-likeness (QED) is 0.727. The molecule has 1 aliphatic rings. The summed E-state index contributed by atoms with van der Waals surface area (Å²) >= 11 is 0. The third kappa shape index (κ3) is 3.62. The average Bonchev–Trinajstić information content (AvgIpc) is 3.11. The molecule has 1 saturated heterocycles. The molecule has 1 amide bonds. The van der Waals surface area contributed by atoms with E-state index in [0.717, 1.165) is 25.9 Å². The molecule has 28 heavy (non-hydrogen) atoms. The largest absolute Gasteiger partial charge is 0.348 e. The monoisotopic (exact) mass is 381 g/mol. The van der Waals surface area contributed by atoms with Crippen LogP contribution in [0.5, 0.6) is 0 Å². The van der Waals surface area contributed by atoms with Crippen molar-refractivity contribution in [3.05, 3.63) is 48.2 Å². The van der Waals surface area contributed by atoms with Gasteiger partial charge in [0.25, 0.3) is 5.91 Å². The number of carbonyl (C=O) groups excluding carboxylic acids is 1. The van der Waals surface area contributed by atoms with Crippen molar-refractivity contribution >= 4 is 16.8 Å². The normalized spacial score (nSPS) is 16.0. The molecule has 0 saturated carbocycles. The second-order valence-electron chi connectivity index (χ2n) is 7.57. The molecule has 0 bridgehead atoms. The van der Waals surface area contributed by atoms with Crippen LogP contribution in [0, 0.1) is 5.82 Å². The third-order valence-corrected chi connectivity index (χ3v) is 5.43. The van der Waals surface area contributed by atoms with Crippen LogP contribution in [0.25, 0.3) is 22.0 Å². The van der Waals surface area contributed by atoms with Crippen molar-refractivity contribution in [1.82, 2.24) is 25.4 Å². The van der Waals surface area contributed by atoms with E-state index in [1.54, 1.807) is 30.6 Å². The van der Waals surface area contributed by atoms with Crippen molar-refractivity contribution in [2.24, 2.45) is 0 Å². The topological polar surface area (TPSA) is 73.9 Å². The van der Waals surface area contributed by atoms with Crippen LogP contribution in [-0.2, 0) is 0 Å². The first-order chi connectivity index (χ1) is 13.5. The van der Waals surface area contributed by atoms with Crippen LogP contribution < -0.4 is 5.32 Å². The average molecular weight is 381 g/mol. The standard InChI is InChI=1S/C21H24FN5O/c1-13(2)27-8-5-15(6-9-27)24-21(28)20-17-10-16(14-4-3-7-23-12-14)18(22)11-19(17)25-26-20/h3-4,7,10-13,15H,5-6,8-9H2,1-2H3,(H,24,28)(H,25,26). The number of aromatic nitrogens is 3. The summed E-state index contributed by atoms with van der Waals surface area (Å²) in [5.74, 6) is -0.602. The second kappa shape index (κ2) is 7.67. The molecule has 3 heterocycles. The van der Waals surface area contributed by atoms with Crippen molar-refractivity contribution in [1.29, 1.82) is 0 Å². The van der Waals surface area contributed by atoms with Crippen LogP contribution in [0.15, 0.2) is 36.7 Å². The number of pyridine rings is 1. The molecule has 0 spiro atoms. The fourth-order valence-electron chi connectivity index (χ4n) is 3.77. The highest BCUT2D eigenvalue weighted by Gasteiger charge is 2.24. The van der Waals surface area contributed by atoms with Crippen LogP contribution in [0.1, 0.15) is 37.2 Å². The molecule has 2 N–H and O–H groups in total. The number of hydrogen-bond acceptors (Lipinski definition) is 4. The maximum atomic E-state index is 14.5. The molecule has 1 fully saturated rings. The smallest absolute Gasteiger partial charge is 0.272 e. The van der Waals surface area contributed by atoms with Gasteiger partial charge in [0, 0.05) is 60.1 Å². The minimum atomic E-state index is -0.378. The lowest BCUT2D eigenvalue weighted by molar-refractivity contribution is 0.0897. The summed E-state index contributed by atoms with van der Waals surface area (Å²) in [7, 11) is 0. The Labute approximate surface area is 163 Å². The van der Waals surface area contributed by atoms with E-state index in [2.05, 4.69) is 39.2 Å². The van der Waals surface area contributed by atoms with Gasteiger partial charge >= 0.3 is 0 Å². The molecule has 6 nitrogen and oxygen atoms in total. The summed E-state index contributed by atoms with van der Waals surface area (Å²) in [4.78, 5) is 19.3. The van der Waals surface area contributed by atoms with Crippen LogP contribution >= 0.6 is 0 Å². The summed E-state index contributed by atoms with van der Waals surface area (Å²) in [5, 5.41) is 10.6. The zero-order chi connectivity index (χ0) is 19.7. The van der Waals surface area contributed by atoms with Crippen molar-refractivity contribution in [2.75, 3.05) is 13.1 Å². The van der Waals surface area contributed by atoms with Crippen LogP contribution in [-0.4, -0.2) is 51.2 Å². The summed E-state index contributed by atoms with van der Waals surface area (Å²) in [6.07, 6.45) is 5.08. The zero-order valence-electron chi connectivity index (χ0n) is 16.1. The van der Waals surface area contributed by atoms with Crippen molar-refractivity contribution in [2.45, 2.75) is 38.8 Å². The Hall–Kier alpha value is -2.80. The van der Waals surface area contributed by atoms with E-state index in [0.29, 0.717) is 33.8 Å². The number of benzene rings is 1. The van der Waals surface area contributed by atoms with Gasteiger partial charge in [0.05, 0.1) is 5.52 Å². The van der Waals surface area contributed by atoms with E-state index < -0.39 is 0 Å². The van der Waals surface area contributed by atoms with Gasteiger partial charge in [-0.2, -0.15) is 5.10 Å². The number of nitrogens with one attached hydrogen (secondary N) is 2. The molecule has 7 heteroatoms. The Kier molecular flexibility index (Phi) is 5.09. The first-order valence-corrected chi connectivity index (χ1v) is 9.66. The highest BCUT2D eigenvalue weighted by Crippen LogP contribution is 2.28. The van der Waals surface area contributed by atoms with Gasteiger partial charge in [-0.05, 0) is 38.8 Å². The first kappa shape index (κ1) is 18.6. The number of amides is 1. The predicted octanol–water partition coefficient (Wildman–Crippen LogP) is 3.37. The summed E-state index contributed by atoms with van der Waals surface area (Å²) in [6.45, 7) is 6.32. The SMILES string of the molecule is CC(C)N1CCC(NC(=O)c2n[nH]c3cc(F)c(-c4cccnc4)cc23)CC1. The van der Waals surface area contributed by atoms with Crippen molar-refractivity contribution in [3.63, 3.8) is 0 Å². The molecular formula is C21H24FN5O. The second-order valence-corrected chi connectivity index (χ2v) is 7.57. The molecule has 1 aliphatic heterocycles. The molecule has 0 aliphatic carbocycles. The van der Waals surface area contributed by atoms with Gasteiger partial charge in [-0.15, -0.1) is 0 Å². The van der Waals surface area contributed by atoms with Crippen LogP contribution in [0.2, 0.25) is 0 Å². The number of piperidine rings is 1. The number of fused-ring (bicyclic) bond motifs is 1. The van der Waals surface area contributed by atoms with Gasteiger partial charge < -0.3 is 10.2 Å². The Morgan fingerprint density at radius 3 is 2.79 bits per heavy atom. The van der Waals surface area contributed by atoms with Gasteiger partial charge in [0.1, 0.15) is 5.82 Å². The number of carbonyl (C=O) groups is 1. The molecular weight excluding hydrogens is 357 g/mol. The Bertz CT molecular complexity index is 977. The fraction of sp³-hybridized carbons (Fsp3) is 0.381. The van der Waals surface area contributed by atoms with E-state index in [1.807, 2.05) is 0 Å². The van der Waals surface area contributed by atoms with Crippen LogP contribution in [0.4, 0.5) is 4.39 Å². The highest BCUT2D eigenvalue weighted by molar-refractivity contribution is 6.05. The number of H-pyrrole nitrogens is 1. The fourth-order valence-corrected chi connectivity index (χ4v) is 3.77. The van der Waals surface area contributed by atoms with Gasteiger partial charge in [-0.25, -0.2) is 4.39 Å². The van der Waals surface area contributed by atoms with E-state index in [1.165, 1.54) is 6.07 Å². The summed E-state index contributed by atoms with van der Waals surface area (Å²) in [6, 6.07) is 7.25. The number of rotatable bonds is 4. The summed E-state index contributed by atoms with van der Waals surface area (Å²) < 4.78 is 14.5. The molecule has 146 valence electrons. The van der Waals surface area contributed by atoms with Gasteiger partial charge in [-0.1, -0.05) is 6.07 Å². The molecule has 2 aromatic heterocycles. The summed E-state index contributed by atoms with van der Waals surface area (Å²) in [5.41, 5.74) is 1.87. The van der Waals surface area contributed by atoms with Gasteiger partial charge in [-0.3, -0.25) is 14.9 Å². The Balaban J connectivity index is 1.56. The Morgan fingerprint density at radius 1 is 1.32 bits per heavy atom. The number of hydrogen-bond donors (Lipinski definition) is 2. The number of likely N-dealkylation sites (tertiary alicyclic amines) is 1. The van der Waals surface area contributed by atoms with E-state index in [-0.39, 0.29) is 17.8 Å². The van der Waals surface area contributed by atoms with E-state index >= 15 is 0 Å². The number of halogens is 1.